The minimum atomic E-state index is -0.744. The Balaban J connectivity index is 2.11. The van der Waals surface area contributed by atoms with Crippen molar-refractivity contribution in [3.05, 3.63) is 59.7 Å². The van der Waals surface area contributed by atoms with E-state index in [2.05, 4.69) is 0 Å². The third-order valence-electron chi connectivity index (χ3n) is 4.95. The summed E-state index contributed by atoms with van der Waals surface area (Å²) < 4.78 is 21.7. The Bertz CT molecular complexity index is 926. The molecule has 0 heterocycles. The maximum atomic E-state index is 12.7. The van der Waals surface area contributed by atoms with Crippen LogP contribution in [-0.4, -0.2) is 39.0 Å². The second-order valence-electron chi connectivity index (χ2n) is 7.12. The minimum absolute atomic E-state index is 0.246. The van der Waals surface area contributed by atoms with Crippen LogP contribution >= 0.6 is 0 Å². The number of hydrogen-bond acceptors (Lipinski definition) is 6. The first-order valence-corrected chi connectivity index (χ1v) is 11.0. The van der Waals surface area contributed by atoms with Crippen LogP contribution in [0.2, 0.25) is 0 Å². The molecule has 0 fully saturated rings. The molecule has 0 aliphatic carbocycles. The fourth-order valence-corrected chi connectivity index (χ4v) is 3.26. The van der Waals surface area contributed by atoms with Crippen molar-refractivity contribution in [2.75, 3.05) is 27.4 Å². The van der Waals surface area contributed by atoms with Crippen molar-refractivity contribution < 1.29 is 28.5 Å². The highest BCUT2D eigenvalue weighted by molar-refractivity contribution is 6.13. The predicted molar refractivity (Wildman–Crippen MR) is 130 cm³/mol. The first kappa shape index (κ1) is 25.7. The second-order valence-corrected chi connectivity index (χ2v) is 7.12. The fraction of sp³-hybridized carbons (Fsp3) is 0.333. The molecule has 0 aromatic heterocycles. The lowest BCUT2D eigenvalue weighted by Gasteiger charge is -2.10. The lowest BCUT2D eigenvalue weighted by Crippen LogP contribution is -2.20. The van der Waals surface area contributed by atoms with Gasteiger partial charge in [-0.2, -0.15) is 0 Å². The molecular weight excluding hydrogens is 420 g/mol. The zero-order valence-corrected chi connectivity index (χ0v) is 19.9. The van der Waals surface area contributed by atoms with Gasteiger partial charge in [-0.05, 0) is 67.8 Å². The van der Waals surface area contributed by atoms with E-state index >= 15 is 0 Å². The summed E-state index contributed by atoms with van der Waals surface area (Å²) in [5.74, 6) is 1.22. The summed E-state index contributed by atoms with van der Waals surface area (Å²) in [4.78, 5) is 25.4. The van der Waals surface area contributed by atoms with E-state index in [1.54, 1.807) is 50.6 Å². The van der Waals surface area contributed by atoms with E-state index in [9.17, 15) is 9.59 Å². The van der Waals surface area contributed by atoms with E-state index in [1.807, 2.05) is 32.9 Å². The van der Waals surface area contributed by atoms with Crippen molar-refractivity contribution in [1.82, 2.24) is 0 Å². The molecule has 0 aliphatic heterocycles. The molecule has 176 valence electrons. The molecule has 0 unspecified atom stereocenters. The number of carbonyl (C=O) groups is 2. The summed E-state index contributed by atoms with van der Waals surface area (Å²) in [5.41, 5.74) is 1.56. The number of benzene rings is 2. The van der Waals surface area contributed by atoms with Gasteiger partial charge in [0.05, 0.1) is 33.4 Å². The van der Waals surface area contributed by atoms with Gasteiger partial charge in [0.15, 0.2) is 34.6 Å². The lowest BCUT2D eigenvalue weighted by molar-refractivity contribution is -0.127. The van der Waals surface area contributed by atoms with Gasteiger partial charge in [0.25, 0.3) is 0 Å². The highest BCUT2D eigenvalue weighted by Gasteiger charge is 2.20. The molecule has 0 atom stereocenters. The van der Waals surface area contributed by atoms with Crippen molar-refractivity contribution in [2.45, 2.75) is 27.2 Å². The highest BCUT2D eigenvalue weighted by Crippen LogP contribution is 2.29. The first-order valence-electron chi connectivity index (χ1n) is 11.0. The topological polar surface area (TPSA) is 71.1 Å². The van der Waals surface area contributed by atoms with Crippen LogP contribution < -0.4 is 18.9 Å². The number of carbonyl (C=O) groups excluding carboxylic acids is 2. The standard InChI is InChI=1S/C27H32O6/c1-6-21(22(28)13-9-19-11-15-24(32-7-2)26(17-19)30-4)23(29)14-10-20-12-16-25(33-8-3)27(18-20)31-5/h9-18,21H,6-8H2,1-5H3/b13-9+,14-10+. The smallest absolute Gasteiger partial charge is 0.166 e. The second kappa shape index (κ2) is 13.1. The van der Waals surface area contributed by atoms with Gasteiger partial charge in [0, 0.05) is 0 Å². The summed E-state index contributed by atoms with van der Waals surface area (Å²) in [6, 6.07) is 10.8. The maximum absolute atomic E-state index is 12.7. The van der Waals surface area contributed by atoms with Crippen LogP contribution in [0, 0.1) is 5.92 Å². The molecular formula is C27H32O6. The van der Waals surface area contributed by atoms with Gasteiger partial charge >= 0.3 is 0 Å². The van der Waals surface area contributed by atoms with Crippen molar-refractivity contribution in [3.63, 3.8) is 0 Å². The minimum Gasteiger partial charge on any atom is -0.493 e. The van der Waals surface area contributed by atoms with Crippen molar-refractivity contribution in [3.8, 4) is 23.0 Å². The van der Waals surface area contributed by atoms with Crippen LogP contribution in [0.3, 0.4) is 0 Å². The molecule has 6 nitrogen and oxygen atoms in total. The Morgan fingerprint density at radius 3 is 1.48 bits per heavy atom. The van der Waals surface area contributed by atoms with Crippen LogP contribution in [0.25, 0.3) is 12.2 Å². The summed E-state index contributed by atoms with van der Waals surface area (Å²) in [5, 5.41) is 0. The Kier molecular flexibility index (Phi) is 10.2. The SMILES string of the molecule is CCOc1ccc(/C=C/C(=O)C(CC)C(=O)/C=C/c2ccc(OCC)c(OC)c2)cc1OC. The Morgan fingerprint density at radius 2 is 1.15 bits per heavy atom. The van der Waals surface area contributed by atoms with Gasteiger partial charge in [-0.15, -0.1) is 0 Å². The molecule has 0 spiro atoms. The molecule has 33 heavy (non-hydrogen) atoms. The van der Waals surface area contributed by atoms with E-state index in [1.165, 1.54) is 12.2 Å². The molecule has 6 heteroatoms. The average Bonchev–Trinajstić information content (AvgIpc) is 2.83. The van der Waals surface area contributed by atoms with Gasteiger partial charge in [0.1, 0.15) is 0 Å². The monoisotopic (exact) mass is 452 g/mol. The van der Waals surface area contributed by atoms with Gasteiger partial charge < -0.3 is 18.9 Å². The van der Waals surface area contributed by atoms with E-state index in [0.717, 1.165) is 11.1 Å². The van der Waals surface area contributed by atoms with Crippen molar-refractivity contribution >= 4 is 23.7 Å². The van der Waals surface area contributed by atoms with E-state index in [-0.39, 0.29) is 11.6 Å². The fourth-order valence-electron chi connectivity index (χ4n) is 3.26. The van der Waals surface area contributed by atoms with Gasteiger partial charge in [-0.1, -0.05) is 31.2 Å². The maximum Gasteiger partial charge on any atom is 0.166 e. The predicted octanol–water partition coefficient (Wildman–Crippen LogP) is 5.39. The Morgan fingerprint density at radius 1 is 0.727 bits per heavy atom. The number of ether oxygens (including phenoxy) is 4. The van der Waals surface area contributed by atoms with Gasteiger partial charge in [-0.3, -0.25) is 9.59 Å². The molecule has 2 aromatic carbocycles. The molecule has 2 aromatic rings. The molecule has 0 radical (unpaired) electrons. The largest absolute Gasteiger partial charge is 0.493 e. The number of allylic oxidation sites excluding steroid dienone is 2. The van der Waals surface area contributed by atoms with Crippen LogP contribution in [0.1, 0.15) is 38.3 Å². The molecule has 0 aliphatic rings. The molecule has 2 rings (SSSR count). The zero-order valence-electron chi connectivity index (χ0n) is 19.9. The first-order chi connectivity index (χ1) is 16.0. The Labute approximate surface area is 195 Å². The summed E-state index contributed by atoms with van der Waals surface area (Å²) >= 11 is 0. The lowest BCUT2D eigenvalue weighted by atomic mass is 9.94. The summed E-state index contributed by atoms with van der Waals surface area (Å²) in [6.07, 6.45) is 6.64. The third kappa shape index (κ3) is 7.24. The zero-order chi connectivity index (χ0) is 24.2. The quantitative estimate of drug-likeness (QED) is 0.300. The van der Waals surface area contributed by atoms with E-state index in [0.29, 0.717) is 42.6 Å². The van der Waals surface area contributed by atoms with Crippen LogP contribution in [-0.2, 0) is 9.59 Å². The van der Waals surface area contributed by atoms with Gasteiger partial charge in [0.2, 0.25) is 0 Å². The Hall–Kier alpha value is -3.54. The normalized spacial score (nSPS) is 11.2. The third-order valence-corrected chi connectivity index (χ3v) is 4.95. The van der Waals surface area contributed by atoms with Gasteiger partial charge in [-0.25, -0.2) is 0 Å². The van der Waals surface area contributed by atoms with Crippen molar-refractivity contribution in [2.24, 2.45) is 5.92 Å². The number of hydrogen-bond donors (Lipinski definition) is 0. The number of methoxy groups -OCH3 is 2. The number of rotatable bonds is 13. The van der Waals surface area contributed by atoms with Crippen LogP contribution in [0.15, 0.2) is 48.6 Å². The molecule has 0 saturated heterocycles. The average molecular weight is 453 g/mol. The summed E-state index contributed by atoms with van der Waals surface area (Å²) in [7, 11) is 3.13. The number of ketones is 2. The van der Waals surface area contributed by atoms with E-state index in [4.69, 9.17) is 18.9 Å². The van der Waals surface area contributed by atoms with E-state index < -0.39 is 5.92 Å². The molecule has 0 saturated carbocycles. The molecule has 0 amide bonds. The highest BCUT2D eigenvalue weighted by atomic mass is 16.5. The summed E-state index contributed by atoms with van der Waals surface area (Å²) in [6.45, 7) is 6.67. The molecule has 0 N–H and O–H groups in total. The van der Waals surface area contributed by atoms with Crippen LogP contribution in [0.5, 0.6) is 23.0 Å². The molecule has 0 bridgehead atoms. The van der Waals surface area contributed by atoms with Crippen LogP contribution in [0.4, 0.5) is 0 Å². The van der Waals surface area contributed by atoms with Crippen molar-refractivity contribution in [1.29, 1.82) is 0 Å².